The van der Waals surface area contributed by atoms with Gasteiger partial charge < -0.3 is 5.11 Å². The first-order chi connectivity index (χ1) is 22.2. The van der Waals surface area contributed by atoms with Crippen molar-refractivity contribution < 1.29 is 5.11 Å². The Morgan fingerprint density at radius 1 is 0.511 bits per heavy atom. The van der Waals surface area contributed by atoms with Crippen molar-refractivity contribution in [3.05, 3.63) is 151 Å². The fraction of sp³-hybridized carbons (Fsp3) is 0.116. The Kier molecular flexibility index (Phi) is 8.40. The van der Waals surface area contributed by atoms with Gasteiger partial charge in [-0.2, -0.15) is 11.8 Å². The third kappa shape index (κ3) is 5.87. The Morgan fingerprint density at radius 2 is 1.07 bits per heavy atom. The van der Waals surface area contributed by atoms with Gasteiger partial charge in [-0.25, -0.2) is 0 Å². The van der Waals surface area contributed by atoms with Gasteiger partial charge in [-0.3, -0.25) is 0 Å². The fourth-order valence-corrected chi connectivity index (χ4v) is 7.45. The molecule has 0 aliphatic rings. The zero-order chi connectivity index (χ0) is 30.6. The minimum atomic E-state index is 0.328. The Morgan fingerprint density at radius 3 is 1.71 bits per heavy atom. The maximum Gasteiger partial charge on any atom is 0.131 e. The topological polar surface area (TPSA) is 20.2 Å². The van der Waals surface area contributed by atoms with Crippen molar-refractivity contribution in [3.63, 3.8) is 0 Å². The van der Waals surface area contributed by atoms with E-state index < -0.39 is 0 Å². The van der Waals surface area contributed by atoms with E-state index >= 15 is 0 Å². The Labute approximate surface area is 270 Å². The molecule has 0 spiro atoms. The summed E-state index contributed by atoms with van der Waals surface area (Å²) in [6.45, 7) is 2.24. The minimum Gasteiger partial charge on any atom is -0.507 e. The van der Waals surface area contributed by atoms with Crippen LogP contribution in [0, 0.1) is 0 Å². The van der Waals surface area contributed by atoms with Gasteiger partial charge in [0.15, 0.2) is 0 Å². The molecule has 7 aromatic rings. The molecular weight excluding hydrogens is 565 g/mol. The van der Waals surface area contributed by atoms with E-state index in [1.54, 1.807) is 0 Å². The number of benzene rings is 7. The van der Waals surface area contributed by atoms with Crippen LogP contribution in [0.3, 0.4) is 0 Å². The molecule has 0 aromatic heterocycles. The van der Waals surface area contributed by atoms with Crippen molar-refractivity contribution in [2.45, 2.75) is 25.5 Å². The van der Waals surface area contributed by atoms with Crippen LogP contribution in [0.4, 0.5) is 0 Å². The predicted octanol–water partition coefficient (Wildman–Crippen LogP) is 12.4. The number of fused-ring (bicyclic) bond motifs is 2. The highest BCUT2D eigenvalue weighted by atomic mass is 32.2. The second kappa shape index (κ2) is 13.1. The van der Waals surface area contributed by atoms with Crippen LogP contribution in [-0.4, -0.2) is 10.9 Å². The van der Waals surface area contributed by atoms with Crippen LogP contribution in [0.1, 0.15) is 25.3 Å². The maximum absolute atomic E-state index is 12.5. The van der Waals surface area contributed by atoms with E-state index in [1.165, 1.54) is 29.2 Å². The number of phenolic OH excluding ortho intramolecular Hbond substituents is 1. The molecule has 220 valence electrons. The number of aromatic hydroxyl groups is 1. The van der Waals surface area contributed by atoms with E-state index in [2.05, 4.69) is 153 Å². The van der Waals surface area contributed by atoms with Gasteiger partial charge >= 0.3 is 0 Å². The van der Waals surface area contributed by atoms with Gasteiger partial charge in [-0.05, 0) is 96.9 Å². The smallest absolute Gasteiger partial charge is 0.131 e. The summed E-state index contributed by atoms with van der Waals surface area (Å²) in [6.07, 6.45) is 2.40. The van der Waals surface area contributed by atoms with Crippen LogP contribution in [0.2, 0.25) is 0 Å². The molecule has 0 radical (unpaired) electrons. The van der Waals surface area contributed by atoms with Crippen LogP contribution in [0.15, 0.2) is 146 Å². The zero-order valence-electron chi connectivity index (χ0n) is 25.5. The van der Waals surface area contributed by atoms with Gasteiger partial charge in [0.05, 0.1) is 0 Å². The summed E-state index contributed by atoms with van der Waals surface area (Å²) < 4.78 is 0. The molecule has 1 N–H and O–H groups in total. The summed E-state index contributed by atoms with van der Waals surface area (Å²) in [5, 5.41) is 17.0. The molecule has 2 heteroatoms. The standard InChI is InChI=1S/C43H36OS/c1-2-3-24-45-29-34-23-22-32-18-10-12-20-38(32)41(34)42-39-21-13-11-19-33(39)28-40(43(42)44)37-26-35(30-14-6-4-7-15-30)25-36(27-37)31-16-8-5-9-17-31/h4-23,25-28,44H,2-3,24,29H2,1H3. The second-order valence-electron chi connectivity index (χ2n) is 11.6. The lowest BCUT2D eigenvalue weighted by atomic mass is 9.86. The van der Waals surface area contributed by atoms with Gasteiger partial charge in [-0.15, -0.1) is 0 Å². The Hall–Kier alpha value is -4.79. The van der Waals surface area contributed by atoms with E-state index in [-0.39, 0.29) is 0 Å². The SMILES string of the molecule is CCCCSCc1ccc2ccccc2c1-c1c(O)c(-c2cc(-c3ccccc3)cc(-c3ccccc3)c2)cc2ccccc12. The summed E-state index contributed by atoms with van der Waals surface area (Å²) >= 11 is 1.98. The van der Waals surface area contributed by atoms with E-state index in [9.17, 15) is 5.11 Å². The van der Waals surface area contributed by atoms with Crippen molar-refractivity contribution >= 4 is 33.3 Å². The maximum atomic E-state index is 12.5. The van der Waals surface area contributed by atoms with Gasteiger partial charge in [0, 0.05) is 16.9 Å². The molecule has 0 fully saturated rings. The molecular formula is C43H36OS. The van der Waals surface area contributed by atoms with Gasteiger partial charge in [-0.1, -0.05) is 135 Å². The number of phenols is 1. The van der Waals surface area contributed by atoms with E-state index in [4.69, 9.17) is 0 Å². The Bertz CT molecular complexity index is 2040. The molecule has 0 aliphatic carbocycles. The molecule has 0 heterocycles. The highest BCUT2D eigenvalue weighted by Crippen LogP contribution is 2.48. The highest BCUT2D eigenvalue weighted by Gasteiger charge is 2.21. The molecule has 7 rings (SSSR count). The largest absolute Gasteiger partial charge is 0.507 e. The van der Waals surface area contributed by atoms with Crippen LogP contribution < -0.4 is 0 Å². The third-order valence-corrected chi connectivity index (χ3v) is 9.74. The van der Waals surface area contributed by atoms with Gasteiger partial charge in [0.2, 0.25) is 0 Å². The van der Waals surface area contributed by atoms with E-state index in [0.717, 1.165) is 66.8 Å². The first kappa shape index (κ1) is 29.0. The summed E-state index contributed by atoms with van der Waals surface area (Å²) in [6, 6.07) is 51.4. The second-order valence-corrected chi connectivity index (χ2v) is 12.7. The quantitative estimate of drug-likeness (QED) is 0.166. The zero-order valence-corrected chi connectivity index (χ0v) is 26.4. The van der Waals surface area contributed by atoms with Crippen molar-refractivity contribution in [1.82, 2.24) is 0 Å². The molecule has 0 atom stereocenters. The van der Waals surface area contributed by atoms with Crippen LogP contribution in [0.25, 0.3) is 66.1 Å². The lowest BCUT2D eigenvalue weighted by molar-refractivity contribution is 0.480. The number of hydrogen-bond acceptors (Lipinski definition) is 2. The summed E-state index contributed by atoms with van der Waals surface area (Å²) in [4.78, 5) is 0. The molecule has 0 saturated heterocycles. The first-order valence-corrected chi connectivity index (χ1v) is 17.0. The monoisotopic (exact) mass is 600 g/mol. The normalized spacial score (nSPS) is 11.3. The summed E-state index contributed by atoms with van der Waals surface area (Å²) in [5.74, 6) is 2.36. The summed E-state index contributed by atoms with van der Waals surface area (Å²) in [5.41, 5.74) is 9.70. The lowest BCUT2D eigenvalue weighted by Crippen LogP contribution is -1.95. The molecule has 1 nitrogen and oxygen atoms in total. The number of hydrogen-bond donors (Lipinski definition) is 1. The average Bonchev–Trinajstić information content (AvgIpc) is 3.10. The molecule has 0 amide bonds. The fourth-order valence-electron chi connectivity index (χ4n) is 6.35. The number of rotatable bonds is 9. The van der Waals surface area contributed by atoms with Crippen LogP contribution >= 0.6 is 11.8 Å². The predicted molar refractivity (Wildman–Crippen MR) is 196 cm³/mol. The van der Waals surface area contributed by atoms with Crippen molar-refractivity contribution in [1.29, 1.82) is 0 Å². The first-order valence-electron chi connectivity index (χ1n) is 15.8. The molecule has 45 heavy (non-hydrogen) atoms. The highest BCUT2D eigenvalue weighted by molar-refractivity contribution is 7.98. The van der Waals surface area contributed by atoms with Crippen molar-refractivity contribution in [2.75, 3.05) is 5.75 Å². The summed E-state index contributed by atoms with van der Waals surface area (Å²) in [7, 11) is 0. The molecule has 0 saturated carbocycles. The Balaban J connectivity index is 1.51. The number of thioether (sulfide) groups is 1. The average molecular weight is 601 g/mol. The van der Waals surface area contributed by atoms with Gasteiger partial charge in [0.1, 0.15) is 5.75 Å². The molecule has 0 aliphatic heterocycles. The minimum absolute atomic E-state index is 0.328. The van der Waals surface area contributed by atoms with Crippen molar-refractivity contribution in [3.8, 4) is 50.3 Å². The van der Waals surface area contributed by atoms with Crippen LogP contribution in [0.5, 0.6) is 5.75 Å². The third-order valence-electron chi connectivity index (χ3n) is 8.65. The molecule has 0 bridgehead atoms. The molecule has 7 aromatic carbocycles. The molecule has 0 unspecified atom stereocenters. The van der Waals surface area contributed by atoms with Gasteiger partial charge in [0.25, 0.3) is 0 Å². The lowest BCUT2D eigenvalue weighted by Gasteiger charge is -2.20. The van der Waals surface area contributed by atoms with E-state index in [0.29, 0.717) is 5.75 Å². The number of unbranched alkanes of at least 4 members (excludes halogenated alkanes) is 1. The van der Waals surface area contributed by atoms with Crippen molar-refractivity contribution in [2.24, 2.45) is 0 Å². The van der Waals surface area contributed by atoms with E-state index in [1.807, 2.05) is 11.8 Å². The van der Waals surface area contributed by atoms with Crippen LogP contribution in [-0.2, 0) is 5.75 Å².